The summed E-state index contributed by atoms with van der Waals surface area (Å²) in [6.45, 7) is 5.16. The predicted octanol–water partition coefficient (Wildman–Crippen LogP) is 0.358. The van der Waals surface area contributed by atoms with Gasteiger partial charge >= 0.3 is 11.9 Å². The lowest BCUT2D eigenvalue weighted by atomic mass is 10.1. The quantitative estimate of drug-likeness (QED) is 0.289. The maximum atomic E-state index is 12.3. The van der Waals surface area contributed by atoms with Gasteiger partial charge in [-0.1, -0.05) is 0 Å². The standard InChI is InChI=1S/C16H24N4O6/c1-16(2,3)26-12(21)7-5-10(20-15(17)18)13(22)19-8-9-4-6-11(25-9)14(23)24/h4,6,10H,5,7-8H2,1-3H3,(H,19,22)(H,23,24)(H4,17,18,20). The molecule has 10 nitrogen and oxygen atoms in total. The van der Waals surface area contributed by atoms with Crippen LogP contribution in [-0.2, 0) is 20.9 Å². The Morgan fingerprint density at radius 2 is 1.96 bits per heavy atom. The van der Waals surface area contributed by atoms with E-state index in [0.29, 0.717) is 0 Å². The second kappa shape index (κ2) is 8.88. The van der Waals surface area contributed by atoms with Crippen LogP contribution in [0.4, 0.5) is 0 Å². The van der Waals surface area contributed by atoms with E-state index in [0.717, 1.165) is 0 Å². The van der Waals surface area contributed by atoms with Crippen LogP contribution in [0.25, 0.3) is 0 Å². The van der Waals surface area contributed by atoms with Crippen LogP contribution < -0.4 is 16.8 Å². The molecule has 0 aromatic carbocycles. The van der Waals surface area contributed by atoms with Crippen molar-refractivity contribution in [3.8, 4) is 0 Å². The van der Waals surface area contributed by atoms with Crippen molar-refractivity contribution in [1.29, 1.82) is 0 Å². The highest BCUT2D eigenvalue weighted by atomic mass is 16.6. The number of nitrogens with two attached hydrogens (primary N) is 2. The van der Waals surface area contributed by atoms with Crippen LogP contribution in [0.1, 0.15) is 49.9 Å². The van der Waals surface area contributed by atoms with Crippen LogP contribution in [-0.4, -0.2) is 40.6 Å². The predicted molar refractivity (Wildman–Crippen MR) is 92.2 cm³/mol. The number of aromatic carboxylic acids is 1. The molecule has 0 spiro atoms. The molecule has 26 heavy (non-hydrogen) atoms. The van der Waals surface area contributed by atoms with Crippen molar-refractivity contribution in [2.75, 3.05) is 0 Å². The summed E-state index contributed by atoms with van der Waals surface area (Å²) in [5.74, 6) is -2.49. The number of amides is 1. The topological polar surface area (TPSA) is 170 Å². The molecule has 0 bridgehead atoms. The van der Waals surface area contributed by atoms with Gasteiger partial charge in [0.25, 0.3) is 0 Å². The molecule has 1 rings (SSSR count). The third kappa shape index (κ3) is 7.69. The molecule has 6 N–H and O–H groups in total. The third-order valence-electron chi connectivity index (χ3n) is 2.96. The molecular weight excluding hydrogens is 344 g/mol. The van der Waals surface area contributed by atoms with Crippen LogP contribution in [0.3, 0.4) is 0 Å². The lowest BCUT2D eigenvalue weighted by Crippen LogP contribution is -2.37. The molecule has 1 aromatic rings. The number of carboxylic acid groups (broad SMARTS) is 1. The molecule has 0 aliphatic rings. The van der Waals surface area contributed by atoms with Gasteiger partial charge in [0.2, 0.25) is 11.7 Å². The van der Waals surface area contributed by atoms with Crippen LogP contribution >= 0.6 is 0 Å². The molecule has 1 unspecified atom stereocenters. The first kappa shape index (κ1) is 21.0. The fraction of sp³-hybridized carbons (Fsp3) is 0.500. The normalized spacial score (nSPS) is 12.1. The first-order valence-corrected chi connectivity index (χ1v) is 7.88. The van der Waals surface area contributed by atoms with E-state index >= 15 is 0 Å². The van der Waals surface area contributed by atoms with Crippen molar-refractivity contribution >= 4 is 23.8 Å². The fourth-order valence-corrected chi connectivity index (χ4v) is 1.96. The Kier molecular flexibility index (Phi) is 7.17. The summed E-state index contributed by atoms with van der Waals surface area (Å²) in [6, 6.07) is 1.72. The summed E-state index contributed by atoms with van der Waals surface area (Å²) in [6.07, 6.45) is 0.00717. The molecule has 0 radical (unpaired) electrons. The number of nitrogens with zero attached hydrogens (tertiary/aromatic N) is 1. The third-order valence-corrected chi connectivity index (χ3v) is 2.96. The molecular formula is C16H24N4O6. The number of rotatable bonds is 8. The minimum atomic E-state index is -1.21. The van der Waals surface area contributed by atoms with Crippen molar-refractivity contribution in [2.24, 2.45) is 16.5 Å². The average molecular weight is 368 g/mol. The van der Waals surface area contributed by atoms with Gasteiger partial charge in [-0.3, -0.25) is 9.59 Å². The van der Waals surface area contributed by atoms with Gasteiger partial charge in [0, 0.05) is 6.42 Å². The van der Waals surface area contributed by atoms with Gasteiger partial charge < -0.3 is 31.0 Å². The molecule has 1 amide bonds. The molecule has 0 aliphatic carbocycles. The van der Waals surface area contributed by atoms with Crippen molar-refractivity contribution in [3.63, 3.8) is 0 Å². The van der Waals surface area contributed by atoms with E-state index in [9.17, 15) is 14.4 Å². The summed E-state index contributed by atoms with van der Waals surface area (Å²) in [7, 11) is 0. The monoisotopic (exact) mass is 368 g/mol. The molecule has 10 heteroatoms. The number of ether oxygens (including phenoxy) is 1. The molecule has 0 aliphatic heterocycles. The highest BCUT2D eigenvalue weighted by Gasteiger charge is 2.22. The smallest absolute Gasteiger partial charge is 0.371 e. The van der Waals surface area contributed by atoms with Gasteiger partial charge in [0.15, 0.2) is 5.96 Å². The van der Waals surface area contributed by atoms with E-state index in [1.54, 1.807) is 20.8 Å². The van der Waals surface area contributed by atoms with Gasteiger partial charge in [-0.05, 0) is 39.3 Å². The van der Waals surface area contributed by atoms with E-state index < -0.39 is 29.5 Å². The van der Waals surface area contributed by atoms with Gasteiger partial charge in [-0.25, -0.2) is 9.79 Å². The van der Waals surface area contributed by atoms with Crippen LogP contribution in [0.15, 0.2) is 21.5 Å². The van der Waals surface area contributed by atoms with Crippen molar-refractivity contribution in [3.05, 3.63) is 23.7 Å². The number of carbonyl (C=O) groups is 3. The van der Waals surface area contributed by atoms with Crippen molar-refractivity contribution in [2.45, 2.75) is 51.8 Å². The zero-order valence-electron chi connectivity index (χ0n) is 14.9. The molecule has 144 valence electrons. The molecule has 0 saturated heterocycles. The molecule has 1 atom stereocenters. The van der Waals surface area contributed by atoms with Crippen LogP contribution in [0.5, 0.6) is 0 Å². The number of guanidine groups is 1. The number of hydrogen-bond donors (Lipinski definition) is 4. The largest absolute Gasteiger partial charge is 0.475 e. The van der Waals surface area contributed by atoms with Gasteiger partial charge in [-0.2, -0.15) is 0 Å². The minimum absolute atomic E-state index is 0.0456. The number of nitrogens with one attached hydrogen (secondary N) is 1. The van der Waals surface area contributed by atoms with Crippen LogP contribution in [0, 0.1) is 0 Å². The summed E-state index contributed by atoms with van der Waals surface area (Å²) < 4.78 is 10.2. The minimum Gasteiger partial charge on any atom is -0.475 e. The summed E-state index contributed by atoms with van der Waals surface area (Å²) in [5, 5.41) is 11.3. The summed E-state index contributed by atoms with van der Waals surface area (Å²) >= 11 is 0. The van der Waals surface area contributed by atoms with Gasteiger partial charge in [0.1, 0.15) is 17.4 Å². The molecule has 0 saturated carbocycles. The lowest BCUT2D eigenvalue weighted by molar-refractivity contribution is -0.155. The lowest BCUT2D eigenvalue weighted by Gasteiger charge is -2.20. The summed E-state index contributed by atoms with van der Waals surface area (Å²) in [5.41, 5.74) is 10.0. The zero-order chi connectivity index (χ0) is 19.9. The van der Waals surface area contributed by atoms with Crippen LogP contribution in [0.2, 0.25) is 0 Å². The van der Waals surface area contributed by atoms with Gasteiger partial charge in [0.05, 0.1) is 6.54 Å². The number of carboxylic acids is 1. The second-order valence-electron chi connectivity index (χ2n) is 6.48. The number of esters is 1. The zero-order valence-corrected chi connectivity index (χ0v) is 14.9. The number of aliphatic imine (C=N–C) groups is 1. The van der Waals surface area contributed by atoms with E-state index in [-0.39, 0.29) is 36.9 Å². The molecule has 1 aromatic heterocycles. The Bertz CT molecular complexity index is 685. The second-order valence-corrected chi connectivity index (χ2v) is 6.48. The highest BCUT2D eigenvalue weighted by Crippen LogP contribution is 2.12. The Morgan fingerprint density at radius 1 is 1.31 bits per heavy atom. The van der Waals surface area contributed by atoms with E-state index in [1.165, 1.54) is 12.1 Å². The number of hydrogen-bond acceptors (Lipinski definition) is 6. The Morgan fingerprint density at radius 3 is 2.46 bits per heavy atom. The highest BCUT2D eigenvalue weighted by molar-refractivity contribution is 5.86. The van der Waals surface area contributed by atoms with Crippen molar-refractivity contribution < 1.29 is 28.6 Å². The molecule has 1 heterocycles. The molecule has 0 fully saturated rings. The maximum Gasteiger partial charge on any atom is 0.371 e. The van der Waals surface area contributed by atoms with E-state index in [4.69, 9.17) is 25.7 Å². The Hall–Kier alpha value is -3.04. The first-order valence-electron chi connectivity index (χ1n) is 7.88. The fourth-order valence-electron chi connectivity index (χ4n) is 1.96. The van der Waals surface area contributed by atoms with Crippen molar-refractivity contribution in [1.82, 2.24) is 5.32 Å². The average Bonchev–Trinajstić information content (AvgIpc) is 2.96. The van der Waals surface area contributed by atoms with Gasteiger partial charge in [-0.15, -0.1) is 0 Å². The maximum absolute atomic E-state index is 12.3. The SMILES string of the molecule is CC(C)(C)OC(=O)CCC(N=C(N)N)C(=O)NCc1ccc(C(=O)O)o1. The Balaban J connectivity index is 2.63. The Labute approximate surface area is 150 Å². The van der Waals surface area contributed by atoms with E-state index in [1.807, 2.05) is 0 Å². The first-order chi connectivity index (χ1) is 12.0. The van der Waals surface area contributed by atoms with E-state index in [2.05, 4.69) is 10.3 Å². The summed E-state index contributed by atoms with van der Waals surface area (Å²) in [4.78, 5) is 38.6. The number of carbonyl (C=O) groups excluding carboxylic acids is 2. The number of furan rings is 1.